The van der Waals surface area contributed by atoms with E-state index in [4.69, 9.17) is 9.47 Å². The minimum atomic E-state index is -0.252. The maximum atomic E-state index is 9.76. The van der Waals surface area contributed by atoms with Crippen LogP contribution in [0.1, 0.15) is 20.1 Å². The fourth-order valence-corrected chi connectivity index (χ4v) is 3.88. The van der Waals surface area contributed by atoms with Crippen molar-refractivity contribution in [2.75, 3.05) is 64.4 Å². The van der Waals surface area contributed by atoms with Gasteiger partial charge in [0.15, 0.2) is 17.0 Å². The van der Waals surface area contributed by atoms with Gasteiger partial charge in [0.05, 0.1) is 32.3 Å². The standard InChI is InChI=1S/C19H31N7O3/c1-14(2)23-18-17-19(21-12-20-18)26(13-22-17)16-10-25(9-15(11-27)29-16)4-3-24-5-7-28-8-6-24/h12-16,27H,3-11H2,1-2H3,(H,20,21,23)/t15-,16+/m0/s1. The summed E-state index contributed by atoms with van der Waals surface area (Å²) in [6.45, 7) is 11.0. The van der Waals surface area contributed by atoms with Gasteiger partial charge in [0, 0.05) is 45.3 Å². The van der Waals surface area contributed by atoms with E-state index in [1.165, 1.54) is 0 Å². The molecular formula is C19H31N7O3. The Morgan fingerprint density at radius 1 is 1.14 bits per heavy atom. The van der Waals surface area contributed by atoms with Crippen molar-refractivity contribution in [3.63, 3.8) is 0 Å². The van der Waals surface area contributed by atoms with Crippen molar-refractivity contribution in [2.45, 2.75) is 32.2 Å². The van der Waals surface area contributed by atoms with Crippen LogP contribution < -0.4 is 5.32 Å². The number of hydrogen-bond donors (Lipinski definition) is 2. The van der Waals surface area contributed by atoms with Gasteiger partial charge in [-0.15, -0.1) is 0 Å². The Balaban J connectivity index is 1.49. The number of morpholine rings is 2. The Bertz CT molecular complexity index is 793. The zero-order chi connectivity index (χ0) is 20.2. The van der Waals surface area contributed by atoms with E-state index in [0.717, 1.165) is 69.5 Å². The van der Waals surface area contributed by atoms with Gasteiger partial charge >= 0.3 is 0 Å². The van der Waals surface area contributed by atoms with Crippen LogP contribution in [0.3, 0.4) is 0 Å². The Morgan fingerprint density at radius 3 is 2.69 bits per heavy atom. The van der Waals surface area contributed by atoms with Gasteiger partial charge in [-0.05, 0) is 13.8 Å². The Hall–Kier alpha value is -1.85. The van der Waals surface area contributed by atoms with Crippen LogP contribution in [0.25, 0.3) is 11.2 Å². The number of nitrogens with one attached hydrogen (secondary N) is 1. The van der Waals surface area contributed by atoms with Crippen molar-refractivity contribution in [3.8, 4) is 0 Å². The largest absolute Gasteiger partial charge is 0.394 e. The first-order valence-electron chi connectivity index (χ1n) is 10.4. The minimum Gasteiger partial charge on any atom is -0.394 e. The topological polar surface area (TPSA) is 101 Å². The lowest BCUT2D eigenvalue weighted by Crippen LogP contribution is -2.50. The lowest BCUT2D eigenvalue weighted by molar-refractivity contribution is -0.134. The van der Waals surface area contributed by atoms with Crippen molar-refractivity contribution >= 4 is 17.0 Å². The zero-order valence-corrected chi connectivity index (χ0v) is 17.2. The number of rotatable bonds is 7. The summed E-state index contributed by atoms with van der Waals surface area (Å²) in [4.78, 5) is 18.1. The highest BCUT2D eigenvalue weighted by atomic mass is 16.5. The van der Waals surface area contributed by atoms with Gasteiger partial charge in [-0.1, -0.05) is 0 Å². The molecule has 29 heavy (non-hydrogen) atoms. The number of aromatic nitrogens is 4. The molecular weight excluding hydrogens is 374 g/mol. The van der Waals surface area contributed by atoms with E-state index in [-0.39, 0.29) is 25.0 Å². The first kappa shape index (κ1) is 20.4. The number of imidazole rings is 1. The van der Waals surface area contributed by atoms with Gasteiger partial charge in [0.2, 0.25) is 0 Å². The van der Waals surface area contributed by atoms with Crippen molar-refractivity contribution in [1.29, 1.82) is 0 Å². The van der Waals surface area contributed by atoms with Crippen LogP contribution in [0.5, 0.6) is 0 Å². The third-order valence-electron chi connectivity index (χ3n) is 5.36. The molecule has 0 aliphatic carbocycles. The molecule has 0 unspecified atom stereocenters. The molecule has 2 fully saturated rings. The van der Waals surface area contributed by atoms with E-state index in [1.807, 2.05) is 4.57 Å². The van der Waals surface area contributed by atoms with Gasteiger partial charge in [-0.25, -0.2) is 15.0 Å². The van der Waals surface area contributed by atoms with Crippen LogP contribution in [-0.4, -0.2) is 106 Å². The minimum absolute atomic E-state index is 0.00762. The lowest BCUT2D eigenvalue weighted by atomic mass is 10.2. The maximum Gasteiger partial charge on any atom is 0.167 e. The second-order valence-corrected chi connectivity index (χ2v) is 7.95. The monoisotopic (exact) mass is 405 g/mol. The summed E-state index contributed by atoms with van der Waals surface area (Å²) in [6, 6.07) is 0.249. The summed E-state index contributed by atoms with van der Waals surface area (Å²) in [6.07, 6.45) is 2.83. The molecule has 2 atom stereocenters. The normalized spacial score (nSPS) is 24.4. The highest BCUT2D eigenvalue weighted by Gasteiger charge is 2.30. The highest BCUT2D eigenvalue weighted by molar-refractivity contribution is 5.82. The molecule has 0 spiro atoms. The SMILES string of the molecule is CC(C)Nc1ncnc2c1ncn2[C@H]1CN(CCN2CCOCC2)C[C@@H](CO)O1. The van der Waals surface area contributed by atoms with E-state index in [0.29, 0.717) is 0 Å². The summed E-state index contributed by atoms with van der Waals surface area (Å²) >= 11 is 0. The number of aliphatic hydroxyl groups is 1. The van der Waals surface area contributed by atoms with E-state index in [2.05, 4.69) is 43.9 Å². The summed E-state index contributed by atoms with van der Waals surface area (Å²) in [5.74, 6) is 0.724. The molecule has 2 saturated heterocycles. The Labute approximate surface area is 170 Å². The molecule has 2 N–H and O–H groups in total. The first-order valence-corrected chi connectivity index (χ1v) is 10.4. The number of hydrogen-bond acceptors (Lipinski definition) is 9. The number of fused-ring (bicyclic) bond motifs is 1. The fraction of sp³-hybridized carbons (Fsp3) is 0.737. The number of anilines is 1. The molecule has 2 aromatic heterocycles. The van der Waals surface area contributed by atoms with Gasteiger partial charge in [-0.2, -0.15) is 0 Å². The van der Waals surface area contributed by atoms with Crippen molar-refractivity contribution in [3.05, 3.63) is 12.7 Å². The number of aliphatic hydroxyl groups excluding tert-OH is 1. The van der Waals surface area contributed by atoms with Gasteiger partial charge < -0.3 is 19.9 Å². The van der Waals surface area contributed by atoms with E-state index in [1.54, 1.807) is 12.7 Å². The predicted molar refractivity (Wildman–Crippen MR) is 109 cm³/mol. The summed E-state index contributed by atoms with van der Waals surface area (Å²) in [5.41, 5.74) is 1.47. The third-order valence-corrected chi connectivity index (χ3v) is 5.36. The second kappa shape index (κ2) is 9.31. The van der Waals surface area contributed by atoms with E-state index < -0.39 is 0 Å². The molecule has 0 aromatic carbocycles. The van der Waals surface area contributed by atoms with Crippen molar-refractivity contribution in [1.82, 2.24) is 29.3 Å². The van der Waals surface area contributed by atoms with Crippen LogP contribution >= 0.6 is 0 Å². The quantitative estimate of drug-likeness (QED) is 0.667. The van der Waals surface area contributed by atoms with Gasteiger partial charge in [0.25, 0.3) is 0 Å². The third kappa shape index (κ3) is 4.84. The maximum absolute atomic E-state index is 9.76. The van der Waals surface area contributed by atoms with Crippen LogP contribution in [0.2, 0.25) is 0 Å². The average molecular weight is 406 g/mol. The van der Waals surface area contributed by atoms with Crippen LogP contribution in [-0.2, 0) is 9.47 Å². The molecule has 0 saturated carbocycles. The fourth-order valence-electron chi connectivity index (χ4n) is 3.88. The van der Waals surface area contributed by atoms with Crippen LogP contribution in [0.4, 0.5) is 5.82 Å². The Kier molecular flexibility index (Phi) is 6.56. The molecule has 160 valence electrons. The zero-order valence-electron chi connectivity index (χ0n) is 17.2. The first-order chi connectivity index (χ1) is 14.1. The average Bonchev–Trinajstić information content (AvgIpc) is 3.18. The van der Waals surface area contributed by atoms with E-state index >= 15 is 0 Å². The van der Waals surface area contributed by atoms with Crippen LogP contribution in [0.15, 0.2) is 12.7 Å². The van der Waals surface area contributed by atoms with Crippen LogP contribution in [0, 0.1) is 0 Å². The van der Waals surface area contributed by atoms with Gasteiger partial charge in [-0.3, -0.25) is 14.4 Å². The Morgan fingerprint density at radius 2 is 1.93 bits per heavy atom. The smallest absolute Gasteiger partial charge is 0.167 e. The molecule has 10 heteroatoms. The lowest BCUT2D eigenvalue weighted by Gasteiger charge is -2.39. The summed E-state index contributed by atoms with van der Waals surface area (Å²) in [7, 11) is 0. The molecule has 2 aromatic rings. The molecule has 4 rings (SSSR count). The van der Waals surface area contributed by atoms with E-state index in [9.17, 15) is 5.11 Å². The van der Waals surface area contributed by atoms with Gasteiger partial charge in [0.1, 0.15) is 12.6 Å². The molecule has 2 aliphatic rings. The molecule has 0 bridgehead atoms. The summed E-state index contributed by atoms with van der Waals surface area (Å²) in [5, 5.41) is 13.1. The summed E-state index contributed by atoms with van der Waals surface area (Å²) < 4.78 is 13.5. The van der Waals surface area contributed by atoms with Crippen molar-refractivity contribution < 1.29 is 14.6 Å². The molecule has 4 heterocycles. The molecule has 2 aliphatic heterocycles. The number of nitrogens with zero attached hydrogens (tertiary/aromatic N) is 6. The predicted octanol–water partition coefficient (Wildman–Crippen LogP) is 0.171. The van der Waals surface area contributed by atoms with Crippen molar-refractivity contribution in [2.24, 2.45) is 0 Å². The second-order valence-electron chi connectivity index (χ2n) is 7.95. The molecule has 0 radical (unpaired) electrons. The molecule has 0 amide bonds. The number of ether oxygens (including phenoxy) is 2. The highest BCUT2D eigenvalue weighted by Crippen LogP contribution is 2.26. The molecule has 10 nitrogen and oxygen atoms in total.